The number of aromatic hydroxyl groups is 1. The smallest absolute Gasteiger partial charge is 0.245 e. The number of para-hydroxylation sites is 1. The van der Waals surface area contributed by atoms with Gasteiger partial charge in [-0.2, -0.15) is 0 Å². The number of hydrogen-bond donors (Lipinski definition) is 18. The van der Waals surface area contributed by atoms with E-state index in [4.69, 9.17) is 46.1 Å². The number of alkyl halides is 2. The van der Waals surface area contributed by atoms with E-state index in [0.29, 0.717) is 59.0 Å². The molecule has 108 heavy (non-hydrogen) atoms. The van der Waals surface area contributed by atoms with Crippen molar-refractivity contribution < 1.29 is 67.7 Å². The lowest BCUT2D eigenvalue weighted by atomic mass is 10.00. The number of guanidine groups is 1. The number of nitrogens with two attached hydrogens (primary N) is 4. The highest BCUT2D eigenvalue weighted by Crippen LogP contribution is 2.23. The second-order valence-corrected chi connectivity index (χ2v) is 27.8. The number of halogens is 2. The molecule has 7 rings (SSSR count). The number of phenolic OH excluding ortho intramolecular Hbond substituents is 1. The summed E-state index contributed by atoms with van der Waals surface area (Å²) >= 11 is 12.0. The number of aliphatic hydroxyl groups is 1. The number of benzene rings is 3. The van der Waals surface area contributed by atoms with Crippen molar-refractivity contribution in [3.05, 3.63) is 114 Å². The van der Waals surface area contributed by atoms with Crippen molar-refractivity contribution >= 4 is 117 Å². The molecule has 0 radical (unpaired) electrons. The van der Waals surface area contributed by atoms with Crippen LogP contribution in [0.1, 0.15) is 100 Å². The van der Waals surface area contributed by atoms with E-state index in [1.807, 2.05) is 29.2 Å². The standard InChI is InChI=1S/C72H100Cl2N20O14/c1-41(2)31-54(65(102)87-53(12-7-27-81-72(77)78)71(108)94-28-8-13-59(94)70(107)83-38-60(76)97)88-63(100)51(11-5-6-26-80-62(99)49(75)32-42-14-18-46(19-15-42)93(29-24-73)30-25-74)86-66(103)55(33-43-16-20-47(96)21-17-43)89-69(106)58(39-95)92-67(104)56(34-44-36-82-50-10-4-3-9-48(44)50)90-68(105)57(35-45-37-79-40-84-45)91-64(101)52-22-23-61(98)85-52/h3-4,9-10,14-21,36-37,40-41,49,51-59,82,95-96H,5-8,11-13,22-35,38-39,75H2,1-2H3,(H2,76,97)(H,79,84)(H,80,99)(H,83,107)(H,85,98)(H,86,103)(H,87,102)(H,88,100)(H,89,106)(H,90,105)(H,91,101)(H,92,104)(H4,77,78,81). The highest BCUT2D eigenvalue weighted by Gasteiger charge is 2.40. The van der Waals surface area contributed by atoms with Gasteiger partial charge in [0.15, 0.2) is 5.96 Å². The summed E-state index contributed by atoms with van der Waals surface area (Å²) in [5.74, 6) is -9.09. The molecule has 4 heterocycles. The fourth-order valence-corrected chi connectivity index (χ4v) is 13.1. The Kier molecular flexibility index (Phi) is 33.5. The van der Waals surface area contributed by atoms with E-state index in [0.717, 1.165) is 11.3 Å². The molecule has 5 aromatic rings. The molecule has 36 heteroatoms. The van der Waals surface area contributed by atoms with Crippen molar-refractivity contribution in [3.63, 3.8) is 0 Å². The molecule has 0 bridgehead atoms. The van der Waals surface area contributed by atoms with E-state index < -0.39 is 139 Å². The first-order valence-electron chi connectivity index (χ1n) is 36.0. The van der Waals surface area contributed by atoms with Crippen LogP contribution in [0.4, 0.5) is 5.69 Å². The van der Waals surface area contributed by atoms with Crippen molar-refractivity contribution in [2.24, 2.45) is 33.8 Å². The predicted octanol–water partition coefficient (Wildman–Crippen LogP) is -1.88. The van der Waals surface area contributed by atoms with Crippen LogP contribution < -0.4 is 81.0 Å². The Morgan fingerprint density at radius 2 is 1.25 bits per heavy atom. The topological polar surface area (TPSA) is 533 Å². The molecular weight excluding hydrogens is 1440 g/mol. The molecule has 0 aliphatic carbocycles. The fraction of sp³-hybridized carbons (Fsp3) is 0.500. The number of phenols is 1. The number of unbranched alkanes of at least 4 members (excludes halogenated alkanes) is 1. The maximum Gasteiger partial charge on any atom is 0.245 e. The molecule has 10 unspecified atom stereocenters. The minimum absolute atomic E-state index is 0.0181. The third-order valence-corrected chi connectivity index (χ3v) is 18.6. The summed E-state index contributed by atoms with van der Waals surface area (Å²) in [6, 6.07) is 6.74. The number of carbonyl (C=O) groups excluding carboxylic acids is 12. The number of hydrogen-bond acceptors (Lipinski definition) is 18. The second kappa shape index (κ2) is 42.7. The van der Waals surface area contributed by atoms with Crippen LogP contribution in [0.3, 0.4) is 0 Å². The first-order valence-corrected chi connectivity index (χ1v) is 37.0. The van der Waals surface area contributed by atoms with Gasteiger partial charge in [-0.25, -0.2) is 4.98 Å². The van der Waals surface area contributed by atoms with Gasteiger partial charge in [-0.15, -0.1) is 23.2 Å². The summed E-state index contributed by atoms with van der Waals surface area (Å²) < 4.78 is 0. The van der Waals surface area contributed by atoms with Gasteiger partial charge in [0.1, 0.15) is 60.1 Å². The highest BCUT2D eigenvalue weighted by atomic mass is 35.5. The Morgan fingerprint density at radius 1 is 0.657 bits per heavy atom. The number of nitrogens with zero attached hydrogens (tertiary/aromatic N) is 4. The predicted molar refractivity (Wildman–Crippen MR) is 403 cm³/mol. The summed E-state index contributed by atoms with van der Waals surface area (Å²) in [6.45, 7) is 3.40. The molecule has 3 aromatic carbocycles. The lowest BCUT2D eigenvalue weighted by Crippen LogP contribution is -2.61. The van der Waals surface area contributed by atoms with Gasteiger partial charge >= 0.3 is 0 Å². The Bertz CT molecular complexity index is 3890. The summed E-state index contributed by atoms with van der Waals surface area (Å²) in [5.41, 5.74) is 26.6. The van der Waals surface area contributed by atoms with Crippen LogP contribution in [0.5, 0.6) is 5.75 Å². The third kappa shape index (κ3) is 26.4. The SMILES string of the molecule is CC(C)CC(NC(=O)C(CCCCNC(=O)C(N)Cc1ccc(N(CCCl)CCCl)cc1)NC(=O)C(Cc1ccc(O)cc1)NC(=O)C(CO)NC(=O)C(Cc1c[nH]c2ccccc12)NC(=O)C(Cc1cnc[nH]1)NC(=O)C1CCC(=O)N1)C(=O)NC(CCCN=C(N)N)C(=O)N1CCCC1C(=O)NCC(N)=O. The molecule has 10 atom stereocenters. The van der Waals surface area contributed by atoms with Crippen molar-refractivity contribution in [1.82, 2.24) is 73.0 Å². The minimum atomic E-state index is -1.84. The third-order valence-electron chi connectivity index (χ3n) is 18.3. The molecule has 22 N–H and O–H groups in total. The Morgan fingerprint density at radius 3 is 1.88 bits per heavy atom. The number of aliphatic imine (C=N–C) groups is 1. The van der Waals surface area contributed by atoms with Crippen LogP contribution in [0.15, 0.2) is 96.5 Å². The first-order chi connectivity index (χ1) is 51.7. The summed E-state index contributed by atoms with van der Waals surface area (Å²) in [6.07, 6.45) is 5.15. The van der Waals surface area contributed by atoms with Gasteiger partial charge in [0.25, 0.3) is 0 Å². The first kappa shape index (κ1) is 84.7. The van der Waals surface area contributed by atoms with E-state index >= 15 is 9.59 Å². The zero-order chi connectivity index (χ0) is 78.4. The van der Waals surface area contributed by atoms with E-state index in [1.54, 1.807) is 44.3 Å². The fourth-order valence-electron chi connectivity index (χ4n) is 12.7. The number of aromatic nitrogens is 3. The monoisotopic (exact) mass is 1540 g/mol. The number of aromatic amines is 2. The molecule has 586 valence electrons. The van der Waals surface area contributed by atoms with Crippen LogP contribution in [0.2, 0.25) is 0 Å². The average Bonchev–Trinajstić information content (AvgIpc) is 1.65. The number of aliphatic hydroxyl groups excluding tert-OH is 1. The number of rotatable bonds is 44. The zero-order valence-electron chi connectivity index (χ0n) is 60.4. The number of likely N-dealkylation sites (tertiary alicyclic amines) is 1. The maximum absolute atomic E-state index is 15.1. The molecule has 2 aliphatic heterocycles. The lowest BCUT2D eigenvalue weighted by Gasteiger charge is -2.30. The molecular formula is C72H100Cl2N20O14. The van der Waals surface area contributed by atoms with Gasteiger partial charge in [0.2, 0.25) is 70.9 Å². The Labute approximate surface area is 634 Å². The van der Waals surface area contributed by atoms with Gasteiger partial charge in [-0.05, 0) is 117 Å². The molecule has 2 saturated heterocycles. The van der Waals surface area contributed by atoms with Crippen LogP contribution in [0, 0.1) is 5.92 Å². The number of nitrogens with one attached hydrogen (secondary N) is 12. The van der Waals surface area contributed by atoms with E-state index in [9.17, 15) is 58.2 Å². The molecule has 2 aliphatic rings. The highest BCUT2D eigenvalue weighted by molar-refractivity contribution is 6.18. The number of imidazole rings is 1. The number of fused-ring (bicyclic) bond motifs is 1. The molecule has 0 spiro atoms. The Balaban J connectivity index is 1.14. The molecule has 12 amide bonds. The van der Waals surface area contributed by atoms with Gasteiger partial charge in [0.05, 0.1) is 25.5 Å². The average molecular weight is 1540 g/mol. The molecule has 0 saturated carbocycles. The van der Waals surface area contributed by atoms with Crippen molar-refractivity contribution in [2.45, 2.75) is 164 Å². The largest absolute Gasteiger partial charge is 0.508 e. The van der Waals surface area contributed by atoms with Crippen LogP contribution in [0.25, 0.3) is 10.9 Å². The second-order valence-electron chi connectivity index (χ2n) is 27.1. The molecule has 2 aromatic heterocycles. The van der Waals surface area contributed by atoms with E-state index in [1.165, 1.54) is 41.7 Å². The number of primary amides is 1. The quantitative estimate of drug-likeness (QED) is 0.00878. The summed E-state index contributed by atoms with van der Waals surface area (Å²) in [4.78, 5) is 185. The number of amides is 12. The van der Waals surface area contributed by atoms with Crippen LogP contribution in [-0.4, -0.2) is 225 Å². The van der Waals surface area contributed by atoms with Gasteiger partial charge in [0, 0.05) is 105 Å². The summed E-state index contributed by atoms with van der Waals surface area (Å²) in [5, 5.41) is 48.6. The van der Waals surface area contributed by atoms with Crippen molar-refractivity contribution in [2.75, 3.05) is 62.5 Å². The summed E-state index contributed by atoms with van der Waals surface area (Å²) in [7, 11) is 0. The van der Waals surface area contributed by atoms with Crippen LogP contribution >= 0.6 is 23.2 Å². The number of carbonyl (C=O) groups is 12. The zero-order valence-corrected chi connectivity index (χ0v) is 61.9. The number of anilines is 1. The lowest BCUT2D eigenvalue weighted by molar-refractivity contribution is -0.142. The minimum Gasteiger partial charge on any atom is -0.508 e. The normalized spacial score (nSPS) is 16.2. The van der Waals surface area contributed by atoms with E-state index in [2.05, 4.69) is 73.1 Å². The van der Waals surface area contributed by atoms with Crippen molar-refractivity contribution in [3.8, 4) is 5.75 Å². The number of H-pyrrole nitrogens is 2. The van der Waals surface area contributed by atoms with Gasteiger partial charge < -0.3 is 106 Å². The molecule has 34 nitrogen and oxygen atoms in total. The van der Waals surface area contributed by atoms with Crippen LogP contribution in [-0.2, 0) is 83.2 Å². The van der Waals surface area contributed by atoms with Crippen molar-refractivity contribution in [1.29, 1.82) is 0 Å². The van der Waals surface area contributed by atoms with E-state index in [-0.39, 0.29) is 127 Å². The Hall–Kier alpha value is -10.6. The van der Waals surface area contributed by atoms with Gasteiger partial charge in [-0.3, -0.25) is 62.5 Å². The molecule has 2 fully saturated rings. The van der Waals surface area contributed by atoms with Gasteiger partial charge in [-0.1, -0.05) is 56.3 Å². The maximum atomic E-state index is 15.1.